The summed E-state index contributed by atoms with van der Waals surface area (Å²) >= 11 is 0. The van der Waals surface area contributed by atoms with Gasteiger partial charge >= 0.3 is 12.1 Å². The third-order valence-electron chi connectivity index (χ3n) is 3.33. The molecule has 0 aromatic heterocycles. The lowest BCUT2D eigenvalue weighted by Gasteiger charge is -2.38. The number of alkyl carbamates (subject to hydrolysis) is 1. The standard InChI is InChI=1S/C12H22N2O5/c1-8(15)9-4-10(13-12(17)19-3)6-14(5-9)7-11(16)18-2/h8-10,15H,4-7H2,1-3H3,(H,13,17). The van der Waals surface area contributed by atoms with E-state index in [-0.39, 0.29) is 24.5 Å². The SMILES string of the molecule is COC(=O)CN1CC(NC(=O)OC)CC(C(C)O)C1. The molecule has 0 saturated carbocycles. The molecule has 3 unspecified atom stereocenters. The van der Waals surface area contributed by atoms with Crippen molar-refractivity contribution in [2.45, 2.75) is 25.5 Å². The van der Waals surface area contributed by atoms with E-state index in [0.29, 0.717) is 19.5 Å². The Kier molecular flexibility index (Phi) is 6.04. The number of rotatable bonds is 4. The number of hydrogen-bond acceptors (Lipinski definition) is 6. The molecule has 1 saturated heterocycles. The first-order chi connectivity index (χ1) is 8.96. The predicted octanol–water partition coefficient (Wildman–Crippen LogP) is -0.413. The largest absolute Gasteiger partial charge is 0.468 e. The van der Waals surface area contributed by atoms with E-state index in [1.807, 2.05) is 4.90 Å². The van der Waals surface area contributed by atoms with Crippen molar-refractivity contribution in [1.82, 2.24) is 10.2 Å². The summed E-state index contributed by atoms with van der Waals surface area (Å²) in [4.78, 5) is 24.4. The molecule has 1 rings (SSSR count). The smallest absolute Gasteiger partial charge is 0.407 e. The van der Waals surface area contributed by atoms with Crippen LogP contribution in [0.1, 0.15) is 13.3 Å². The molecular formula is C12H22N2O5. The third kappa shape index (κ3) is 5.04. The van der Waals surface area contributed by atoms with Gasteiger partial charge in [0, 0.05) is 19.1 Å². The molecule has 0 bridgehead atoms. The van der Waals surface area contributed by atoms with Crippen LogP contribution in [0.4, 0.5) is 4.79 Å². The predicted molar refractivity (Wildman–Crippen MR) is 67.6 cm³/mol. The Morgan fingerprint density at radius 1 is 1.37 bits per heavy atom. The van der Waals surface area contributed by atoms with E-state index in [1.165, 1.54) is 14.2 Å². The number of carbonyl (C=O) groups excluding carboxylic acids is 2. The van der Waals surface area contributed by atoms with Gasteiger partial charge < -0.3 is 19.9 Å². The molecule has 1 fully saturated rings. The number of esters is 1. The maximum Gasteiger partial charge on any atom is 0.407 e. The Morgan fingerprint density at radius 2 is 2.05 bits per heavy atom. The number of ether oxygens (including phenoxy) is 2. The van der Waals surface area contributed by atoms with E-state index in [9.17, 15) is 14.7 Å². The highest BCUT2D eigenvalue weighted by atomic mass is 16.5. The third-order valence-corrected chi connectivity index (χ3v) is 3.33. The van der Waals surface area contributed by atoms with Crippen LogP contribution in [0.3, 0.4) is 0 Å². The number of amides is 1. The van der Waals surface area contributed by atoms with Gasteiger partial charge in [-0.15, -0.1) is 0 Å². The van der Waals surface area contributed by atoms with Crippen LogP contribution in [-0.4, -0.2) is 68.1 Å². The van der Waals surface area contributed by atoms with Gasteiger partial charge in [-0.3, -0.25) is 9.69 Å². The molecule has 0 spiro atoms. The lowest BCUT2D eigenvalue weighted by molar-refractivity contribution is -0.142. The first kappa shape index (κ1) is 15.7. The Hall–Kier alpha value is -1.34. The summed E-state index contributed by atoms with van der Waals surface area (Å²) in [6, 6.07) is -0.148. The Balaban J connectivity index is 2.62. The minimum atomic E-state index is -0.505. The zero-order valence-corrected chi connectivity index (χ0v) is 11.6. The van der Waals surface area contributed by atoms with Gasteiger partial charge in [-0.2, -0.15) is 0 Å². The molecule has 1 heterocycles. The lowest BCUT2D eigenvalue weighted by Crippen LogP contribution is -2.53. The highest BCUT2D eigenvalue weighted by molar-refractivity contribution is 5.71. The van der Waals surface area contributed by atoms with Gasteiger partial charge in [0.25, 0.3) is 0 Å². The highest BCUT2D eigenvalue weighted by Gasteiger charge is 2.31. The van der Waals surface area contributed by atoms with E-state index in [4.69, 9.17) is 0 Å². The minimum absolute atomic E-state index is 0.000521. The van der Waals surface area contributed by atoms with Gasteiger partial charge in [0.1, 0.15) is 0 Å². The van der Waals surface area contributed by atoms with E-state index in [2.05, 4.69) is 14.8 Å². The number of carbonyl (C=O) groups is 2. The van der Waals surface area contributed by atoms with Crippen LogP contribution in [0.15, 0.2) is 0 Å². The average molecular weight is 274 g/mol. The lowest BCUT2D eigenvalue weighted by atomic mass is 9.90. The van der Waals surface area contributed by atoms with Gasteiger partial charge in [0.2, 0.25) is 0 Å². The van der Waals surface area contributed by atoms with Crippen LogP contribution in [-0.2, 0) is 14.3 Å². The highest BCUT2D eigenvalue weighted by Crippen LogP contribution is 2.20. The molecule has 7 heteroatoms. The van der Waals surface area contributed by atoms with Crippen molar-refractivity contribution in [3.8, 4) is 0 Å². The molecule has 0 aliphatic carbocycles. The van der Waals surface area contributed by atoms with E-state index < -0.39 is 12.2 Å². The number of aliphatic hydroxyl groups excluding tert-OH is 1. The number of nitrogens with one attached hydrogen (secondary N) is 1. The maximum absolute atomic E-state index is 11.3. The van der Waals surface area contributed by atoms with Crippen LogP contribution in [0, 0.1) is 5.92 Å². The van der Waals surface area contributed by atoms with Gasteiger partial charge in [-0.05, 0) is 19.3 Å². The minimum Gasteiger partial charge on any atom is -0.468 e. The van der Waals surface area contributed by atoms with Gasteiger partial charge in [-0.25, -0.2) is 4.79 Å². The fraction of sp³-hybridized carbons (Fsp3) is 0.833. The van der Waals surface area contributed by atoms with Crippen molar-refractivity contribution in [1.29, 1.82) is 0 Å². The summed E-state index contributed by atoms with van der Waals surface area (Å²) in [6.07, 6.45) is -0.346. The number of hydrogen-bond donors (Lipinski definition) is 2. The molecular weight excluding hydrogens is 252 g/mol. The van der Waals surface area contributed by atoms with Gasteiger partial charge in [-0.1, -0.05) is 0 Å². The van der Waals surface area contributed by atoms with E-state index in [0.717, 1.165) is 0 Å². The van der Waals surface area contributed by atoms with Crippen molar-refractivity contribution in [3.05, 3.63) is 0 Å². The zero-order valence-electron chi connectivity index (χ0n) is 11.6. The number of likely N-dealkylation sites (tertiary alicyclic amines) is 1. The molecule has 1 aliphatic heterocycles. The van der Waals surface area contributed by atoms with Crippen molar-refractivity contribution in [2.75, 3.05) is 33.9 Å². The Morgan fingerprint density at radius 3 is 2.58 bits per heavy atom. The molecule has 0 aromatic rings. The molecule has 1 aliphatic rings. The normalized spacial score (nSPS) is 25.5. The van der Waals surface area contributed by atoms with Crippen LogP contribution < -0.4 is 5.32 Å². The van der Waals surface area contributed by atoms with Crippen molar-refractivity contribution >= 4 is 12.1 Å². The van der Waals surface area contributed by atoms with Gasteiger partial charge in [0.15, 0.2) is 0 Å². The van der Waals surface area contributed by atoms with Crippen LogP contribution in [0.2, 0.25) is 0 Å². The summed E-state index contributed by atoms with van der Waals surface area (Å²) in [6.45, 7) is 3.00. The topological polar surface area (TPSA) is 88.1 Å². The molecule has 0 radical (unpaired) electrons. The summed E-state index contributed by atoms with van der Waals surface area (Å²) in [5.74, 6) is -0.330. The molecule has 7 nitrogen and oxygen atoms in total. The average Bonchev–Trinajstić information content (AvgIpc) is 2.37. The molecule has 19 heavy (non-hydrogen) atoms. The first-order valence-corrected chi connectivity index (χ1v) is 6.28. The maximum atomic E-state index is 11.3. The van der Waals surface area contributed by atoms with E-state index in [1.54, 1.807) is 6.92 Å². The number of aliphatic hydroxyl groups is 1. The van der Waals surface area contributed by atoms with Crippen LogP contribution in [0.5, 0.6) is 0 Å². The fourth-order valence-electron chi connectivity index (χ4n) is 2.29. The summed E-state index contributed by atoms with van der Waals surface area (Å²) < 4.78 is 9.19. The van der Waals surface area contributed by atoms with Crippen molar-refractivity contribution in [2.24, 2.45) is 5.92 Å². The number of nitrogens with zero attached hydrogens (tertiary/aromatic N) is 1. The second kappa shape index (κ2) is 7.30. The van der Waals surface area contributed by atoms with Crippen molar-refractivity contribution < 1.29 is 24.2 Å². The Labute approximate surface area is 112 Å². The summed E-state index contributed by atoms with van der Waals surface area (Å²) in [5.41, 5.74) is 0. The molecule has 0 aromatic carbocycles. The number of piperidine rings is 1. The van der Waals surface area contributed by atoms with Gasteiger partial charge in [0.05, 0.1) is 26.9 Å². The Bertz CT molecular complexity index is 295. The molecule has 110 valence electrons. The second-order valence-electron chi connectivity index (χ2n) is 4.84. The second-order valence-corrected chi connectivity index (χ2v) is 4.84. The zero-order chi connectivity index (χ0) is 14.4. The monoisotopic (exact) mass is 274 g/mol. The summed E-state index contributed by atoms with van der Waals surface area (Å²) in [5, 5.41) is 12.4. The molecule has 3 atom stereocenters. The van der Waals surface area contributed by atoms with E-state index >= 15 is 0 Å². The molecule has 1 amide bonds. The van der Waals surface area contributed by atoms with Crippen LogP contribution in [0.25, 0.3) is 0 Å². The fourth-order valence-corrected chi connectivity index (χ4v) is 2.29. The molecule has 2 N–H and O–H groups in total. The van der Waals surface area contributed by atoms with Crippen LogP contribution >= 0.6 is 0 Å². The van der Waals surface area contributed by atoms with Crippen molar-refractivity contribution in [3.63, 3.8) is 0 Å². The summed E-state index contributed by atoms with van der Waals surface area (Å²) in [7, 11) is 2.64. The number of methoxy groups -OCH3 is 2. The first-order valence-electron chi connectivity index (χ1n) is 6.28. The quantitative estimate of drug-likeness (QED) is 0.677.